The van der Waals surface area contributed by atoms with Crippen molar-refractivity contribution in [2.45, 2.75) is 19.8 Å². The van der Waals surface area contributed by atoms with E-state index >= 15 is 0 Å². The van der Waals surface area contributed by atoms with Crippen LogP contribution in [0.15, 0.2) is 24.3 Å². The van der Waals surface area contributed by atoms with Gasteiger partial charge in [0.05, 0.1) is 13.2 Å². The lowest BCUT2D eigenvalue weighted by atomic mass is 10.1. The summed E-state index contributed by atoms with van der Waals surface area (Å²) < 4.78 is 6.80. The average molecular weight is 275 g/mol. The summed E-state index contributed by atoms with van der Waals surface area (Å²) in [6, 6.07) is 9.11. The first-order valence-corrected chi connectivity index (χ1v) is 7.92. The van der Waals surface area contributed by atoms with Gasteiger partial charge < -0.3 is 4.74 Å². The number of aryl methyl sites for hydroxylation is 2. The second kappa shape index (κ2) is 6.04. The molecule has 1 aromatic carbocycles. The zero-order chi connectivity index (χ0) is 13.1. The summed E-state index contributed by atoms with van der Waals surface area (Å²) in [6.07, 6.45) is 2.46. The molecule has 1 saturated heterocycles. The molecule has 2 aromatic rings. The van der Waals surface area contributed by atoms with Crippen molar-refractivity contribution in [1.82, 2.24) is 4.90 Å². The third kappa shape index (κ3) is 3.35. The summed E-state index contributed by atoms with van der Waals surface area (Å²) in [6.45, 7) is 7.38. The number of thiophene rings is 1. The molecule has 0 atom stereocenters. The molecule has 1 fully saturated rings. The summed E-state index contributed by atoms with van der Waals surface area (Å²) >= 11 is 1.95. The van der Waals surface area contributed by atoms with Crippen LogP contribution in [0.1, 0.15) is 16.9 Å². The van der Waals surface area contributed by atoms with Gasteiger partial charge in [0.1, 0.15) is 0 Å². The van der Waals surface area contributed by atoms with Gasteiger partial charge >= 0.3 is 0 Å². The van der Waals surface area contributed by atoms with Gasteiger partial charge in [0.15, 0.2) is 0 Å². The molecule has 1 aromatic heterocycles. The molecule has 19 heavy (non-hydrogen) atoms. The molecule has 1 aliphatic heterocycles. The van der Waals surface area contributed by atoms with Gasteiger partial charge in [-0.3, -0.25) is 4.90 Å². The molecule has 3 rings (SSSR count). The van der Waals surface area contributed by atoms with Gasteiger partial charge in [0.25, 0.3) is 0 Å². The summed E-state index contributed by atoms with van der Waals surface area (Å²) in [5.74, 6) is 0. The van der Waals surface area contributed by atoms with Gasteiger partial charge in [-0.05, 0) is 43.8 Å². The van der Waals surface area contributed by atoms with Gasteiger partial charge in [-0.25, -0.2) is 0 Å². The number of benzene rings is 1. The molecule has 0 bridgehead atoms. The van der Waals surface area contributed by atoms with E-state index in [-0.39, 0.29) is 0 Å². The van der Waals surface area contributed by atoms with E-state index in [9.17, 15) is 0 Å². The van der Waals surface area contributed by atoms with Crippen molar-refractivity contribution in [3.05, 3.63) is 34.7 Å². The van der Waals surface area contributed by atoms with Crippen LogP contribution in [0.2, 0.25) is 0 Å². The highest BCUT2D eigenvalue weighted by Crippen LogP contribution is 2.27. The molecule has 102 valence electrons. The first-order valence-electron chi connectivity index (χ1n) is 7.10. The highest BCUT2D eigenvalue weighted by molar-refractivity contribution is 7.19. The van der Waals surface area contributed by atoms with E-state index in [0.29, 0.717) is 0 Å². The Balaban J connectivity index is 1.56. The fraction of sp³-hybridized carbons (Fsp3) is 0.500. The molecule has 0 unspecified atom stereocenters. The van der Waals surface area contributed by atoms with Crippen LogP contribution in [0.25, 0.3) is 10.1 Å². The molecular formula is C16H21NOS. The molecule has 3 heteroatoms. The first kappa shape index (κ1) is 13.1. The van der Waals surface area contributed by atoms with Crippen LogP contribution in [-0.2, 0) is 11.2 Å². The van der Waals surface area contributed by atoms with Gasteiger partial charge in [-0.15, -0.1) is 11.3 Å². The maximum Gasteiger partial charge on any atom is 0.0594 e. The van der Waals surface area contributed by atoms with E-state index < -0.39 is 0 Å². The highest BCUT2D eigenvalue weighted by Gasteiger charge is 2.10. The third-order valence-corrected chi connectivity index (χ3v) is 4.90. The summed E-state index contributed by atoms with van der Waals surface area (Å²) in [7, 11) is 0. The minimum absolute atomic E-state index is 0.905. The van der Waals surface area contributed by atoms with Crippen LogP contribution in [0, 0.1) is 6.92 Å². The summed E-state index contributed by atoms with van der Waals surface area (Å²) in [5.41, 5.74) is 1.35. The van der Waals surface area contributed by atoms with Gasteiger partial charge in [0, 0.05) is 22.7 Å². The van der Waals surface area contributed by atoms with Crippen molar-refractivity contribution in [2.75, 3.05) is 32.8 Å². The largest absolute Gasteiger partial charge is 0.379 e. The van der Waals surface area contributed by atoms with Crippen LogP contribution in [0.3, 0.4) is 0 Å². The van der Waals surface area contributed by atoms with Crippen LogP contribution < -0.4 is 0 Å². The maximum atomic E-state index is 5.38. The van der Waals surface area contributed by atoms with Crippen molar-refractivity contribution in [2.24, 2.45) is 0 Å². The number of hydrogen-bond donors (Lipinski definition) is 0. The Bertz CT molecular complexity index is 543. The lowest BCUT2D eigenvalue weighted by Gasteiger charge is -2.26. The second-order valence-electron chi connectivity index (χ2n) is 5.31. The number of hydrogen-bond acceptors (Lipinski definition) is 3. The molecule has 0 saturated carbocycles. The van der Waals surface area contributed by atoms with Crippen LogP contribution in [0.5, 0.6) is 0 Å². The van der Waals surface area contributed by atoms with Crippen molar-refractivity contribution >= 4 is 21.4 Å². The minimum Gasteiger partial charge on any atom is -0.379 e. The average Bonchev–Trinajstić information content (AvgIpc) is 2.82. The van der Waals surface area contributed by atoms with Crippen LogP contribution in [-0.4, -0.2) is 37.7 Å². The van der Waals surface area contributed by atoms with Crippen molar-refractivity contribution in [1.29, 1.82) is 0 Å². The van der Waals surface area contributed by atoms with Crippen molar-refractivity contribution in [3.63, 3.8) is 0 Å². The Kier molecular flexibility index (Phi) is 4.16. The molecule has 0 spiro atoms. The van der Waals surface area contributed by atoms with E-state index in [2.05, 4.69) is 36.1 Å². The number of ether oxygens (including phenoxy) is 1. The first-order chi connectivity index (χ1) is 9.31. The number of nitrogens with zero attached hydrogens (tertiary/aromatic N) is 1. The Morgan fingerprint density at radius 2 is 2.05 bits per heavy atom. The van der Waals surface area contributed by atoms with Crippen molar-refractivity contribution < 1.29 is 4.74 Å². The zero-order valence-electron chi connectivity index (χ0n) is 11.5. The smallest absolute Gasteiger partial charge is 0.0594 e. The predicted octanol–water partition coefficient (Wildman–Crippen LogP) is 3.47. The summed E-state index contributed by atoms with van der Waals surface area (Å²) in [4.78, 5) is 4.04. The quantitative estimate of drug-likeness (QED) is 0.847. The lowest BCUT2D eigenvalue weighted by Crippen LogP contribution is -2.36. The van der Waals surface area contributed by atoms with Crippen LogP contribution >= 0.6 is 11.3 Å². The Morgan fingerprint density at radius 1 is 1.21 bits per heavy atom. The van der Waals surface area contributed by atoms with Gasteiger partial charge in [-0.2, -0.15) is 0 Å². The molecule has 0 radical (unpaired) electrons. The van der Waals surface area contributed by atoms with E-state index in [0.717, 1.165) is 26.3 Å². The van der Waals surface area contributed by atoms with Gasteiger partial charge in [0.2, 0.25) is 0 Å². The second-order valence-corrected chi connectivity index (χ2v) is 6.48. The Morgan fingerprint density at radius 3 is 2.89 bits per heavy atom. The lowest BCUT2D eigenvalue weighted by molar-refractivity contribution is 0.0375. The number of fused-ring (bicyclic) bond motifs is 1. The molecule has 2 heterocycles. The van der Waals surface area contributed by atoms with Crippen molar-refractivity contribution in [3.8, 4) is 0 Å². The highest BCUT2D eigenvalue weighted by atomic mass is 32.1. The monoisotopic (exact) mass is 275 g/mol. The Hall–Kier alpha value is -0.900. The molecule has 0 amide bonds. The zero-order valence-corrected chi connectivity index (χ0v) is 12.3. The normalized spacial score (nSPS) is 17.1. The molecular weight excluding hydrogens is 254 g/mol. The van der Waals surface area contributed by atoms with E-state index in [1.165, 1.54) is 39.9 Å². The number of morpholine rings is 1. The molecule has 0 N–H and O–H groups in total. The standard InChI is InChI=1S/C16H21NOS/c1-13-4-5-16-14(11-13)12-15(19-16)3-2-6-17-7-9-18-10-8-17/h4-5,11-12H,2-3,6-10H2,1H3. The third-order valence-electron chi connectivity index (χ3n) is 3.72. The SMILES string of the molecule is Cc1ccc2sc(CCCN3CCOCC3)cc2c1. The molecule has 0 aliphatic carbocycles. The van der Waals surface area contributed by atoms with E-state index in [1.54, 1.807) is 0 Å². The summed E-state index contributed by atoms with van der Waals surface area (Å²) in [5, 5.41) is 1.41. The predicted molar refractivity (Wildman–Crippen MR) is 82.1 cm³/mol. The fourth-order valence-corrected chi connectivity index (χ4v) is 3.73. The van der Waals surface area contributed by atoms with E-state index in [1.807, 2.05) is 11.3 Å². The molecule has 2 nitrogen and oxygen atoms in total. The van der Waals surface area contributed by atoms with E-state index in [4.69, 9.17) is 4.74 Å². The van der Waals surface area contributed by atoms with Crippen LogP contribution in [0.4, 0.5) is 0 Å². The number of rotatable bonds is 4. The van der Waals surface area contributed by atoms with Gasteiger partial charge in [-0.1, -0.05) is 17.7 Å². The Labute approximate surface area is 119 Å². The minimum atomic E-state index is 0.905. The maximum absolute atomic E-state index is 5.38. The molecule has 1 aliphatic rings. The fourth-order valence-electron chi connectivity index (χ4n) is 2.64. The topological polar surface area (TPSA) is 12.5 Å².